The fourth-order valence-corrected chi connectivity index (χ4v) is 14.5. The largest absolute Gasteiger partial charge is 0.344 e. The first-order valence-corrected chi connectivity index (χ1v) is 25.6. The second-order valence-electron chi connectivity index (χ2n) is 17.0. The van der Waals surface area contributed by atoms with Crippen molar-refractivity contribution in [2.75, 3.05) is 0 Å². The summed E-state index contributed by atoms with van der Waals surface area (Å²) in [6.45, 7) is 3.38. The lowest BCUT2D eigenvalue weighted by atomic mass is 10.0. The summed E-state index contributed by atoms with van der Waals surface area (Å²) in [6.07, 6.45) is 7.91. The number of nitrogens with zero attached hydrogens (tertiary/aromatic N) is 2. The fraction of sp³-hybridized carbons (Fsp3) is 0.158. The quantitative estimate of drug-likeness (QED) is 0.108. The van der Waals surface area contributed by atoms with E-state index in [2.05, 4.69) is 181 Å². The molecule has 6 aromatic carbocycles. The molecule has 0 saturated carbocycles. The van der Waals surface area contributed by atoms with Crippen LogP contribution in [0, 0.1) is 0 Å². The molecule has 12 aromatic rings. The van der Waals surface area contributed by atoms with Crippen molar-refractivity contribution in [3.8, 4) is 52.9 Å². The van der Waals surface area contributed by atoms with Crippen molar-refractivity contribution in [1.29, 1.82) is 0 Å². The molecule has 0 spiro atoms. The molecule has 6 heteroatoms. The average Bonchev–Trinajstić information content (AvgIpc) is 4.18. The van der Waals surface area contributed by atoms with Gasteiger partial charge < -0.3 is 9.13 Å². The van der Waals surface area contributed by atoms with Crippen LogP contribution in [0.1, 0.15) is 45.4 Å². The van der Waals surface area contributed by atoms with Gasteiger partial charge in [0.2, 0.25) is 0 Å². The van der Waals surface area contributed by atoms with Crippen LogP contribution in [0.4, 0.5) is 0 Å². The van der Waals surface area contributed by atoms with Crippen molar-refractivity contribution < 1.29 is 0 Å². The first-order valence-electron chi connectivity index (χ1n) is 22.3. The molecule has 0 aliphatic carbocycles. The van der Waals surface area contributed by atoms with Crippen molar-refractivity contribution >= 4 is 108 Å². The molecule has 2 nitrogen and oxygen atoms in total. The molecule has 0 aliphatic heterocycles. The number of aromatic nitrogens is 2. The molecule has 0 N–H and O–H groups in total. The van der Waals surface area contributed by atoms with Crippen LogP contribution in [0.5, 0.6) is 0 Å². The lowest BCUT2D eigenvalue weighted by molar-refractivity contribution is 0.571. The summed E-state index contributed by atoms with van der Waals surface area (Å²) in [5.74, 6) is 0. The van der Waals surface area contributed by atoms with Gasteiger partial charge in [-0.2, -0.15) is 0 Å². The first-order chi connectivity index (χ1) is 31.1. The normalized spacial score (nSPS) is 12.1. The summed E-state index contributed by atoms with van der Waals surface area (Å²) in [7, 11) is 2.16. The van der Waals surface area contributed by atoms with E-state index in [0.29, 0.717) is 0 Å². The van der Waals surface area contributed by atoms with Crippen molar-refractivity contribution in [3.63, 3.8) is 0 Å². The highest BCUT2D eigenvalue weighted by atomic mass is 32.1. The minimum absolute atomic E-state index is 1.09. The molecule has 0 bridgehead atoms. The van der Waals surface area contributed by atoms with Gasteiger partial charge in [-0.3, -0.25) is 0 Å². The van der Waals surface area contributed by atoms with E-state index in [1.165, 1.54) is 154 Å². The zero-order valence-electron chi connectivity index (χ0n) is 35.5. The number of thiophene rings is 4. The van der Waals surface area contributed by atoms with Crippen molar-refractivity contribution in [3.05, 3.63) is 158 Å². The third-order valence-corrected chi connectivity index (χ3v) is 17.9. The molecular formula is C57H46N2S4. The maximum absolute atomic E-state index is 2.56. The van der Waals surface area contributed by atoms with Crippen LogP contribution in [-0.4, -0.2) is 9.13 Å². The average molecular weight is 887 g/mol. The minimum Gasteiger partial charge on any atom is -0.344 e. The van der Waals surface area contributed by atoms with E-state index in [1.807, 2.05) is 45.3 Å². The van der Waals surface area contributed by atoms with Gasteiger partial charge in [0.1, 0.15) is 0 Å². The van der Waals surface area contributed by atoms with Crippen molar-refractivity contribution in [2.45, 2.75) is 52.0 Å². The summed E-state index contributed by atoms with van der Waals surface area (Å²) in [4.78, 5) is 5.32. The molecule has 0 aliphatic rings. The van der Waals surface area contributed by atoms with Crippen LogP contribution in [0.3, 0.4) is 0 Å². The molecule has 6 aromatic heterocycles. The van der Waals surface area contributed by atoms with Gasteiger partial charge >= 0.3 is 0 Å². The molecule has 12 rings (SSSR count). The summed E-state index contributed by atoms with van der Waals surface area (Å²) in [6, 6.07) is 59.5. The number of aryl methyl sites for hydroxylation is 2. The molecule has 0 amide bonds. The SMILES string of the molecule is CCCCCCCCn1c2ccccc2c2cc(-c3cc4sc(-c5ccc(-c6ccc(-c7cc8sc(-c9ccc%10c(c9)c9ccccc9n%10C)cc8s7)cc6)cc5)cc4s3)ccc21. The van der Waals surface area contributed by atoms with E-state index < -0.39 is 0 Å². The molecule has 63 heavy (non-hydrogen) atoms. The molecule has 0 fully saturated rings. The molecule has 0 atom stereocenters. The van der Waals surface area contributed by atoms with Crippen LogP contribution < -0.4 is 0 Å². The molecule has 0 saturated heterocycles. The zero-order valence-corrected chi connectivity index (χ0v) is 38.8. The van der Waals surface area contributed by atoms with Crippen LogP contribution >= 0.6 is 45.3 Å². The predicted molar refractivity (Wildman–Crippen MR) is 281 cm³/mol. The Morgan fingerprint density at radius 2 is 0.730 bits per heavy atom. The zero-order chi connectivity index (χ0) is 42.0. The maximum Gasteiger partial charge on any atom is 0.0491 e. The lowest BCUT2D eigenvalue weighted by Crippen LogP contribution is -1.97. The Balaban J connectivity index is 0.738. The number of rotatable bonds is 12. The third kappa shape index (κ3) is 6.95. The summed E-state index contributed by atoms with van der Waals surface area (Å²) in [5.41, 5.74) is 12.9. The number of para-hydroxylation sites is 2. The second kappa shape index (κ2) is 16.1. The Bertz CT molecular complexity index is 3560. The number of unbranched alkanes of at least 4 members (excludes halogenated alkanes) is 5. The molecular weight excluding hydrogens is 841 g/mol. The fourth-order valence-electron chi connectivity index (χ4n) is 9.71. The molecule has 308 valence electrons. The van der Waals surface area contributed by atoms with Gasteiger partial charge in [0.05, 0.1) is 0 Å². The molecule has 6 heterocycles. The van der Waals surface area contributed by atoms with Crippen molar-refractivity contribution in [1.82, 2.24) is 9.13 Å². The van der Waals surface area contributed by atoms with Gasteiger partial charge in [0.15, 0.2) is 0 Å². The Morgan fingerprint density at radius 1 is 0.349 bits per heavy atom. The van der Waals surface area contributed by atoms with Gasteiger partial charge in [0.25, 0.3) is 0 Å². The first kappa shape index (κ1) is 38.9. The lowest BCUT2D eigenvalue weighted by Gasteiger charge is -2.08. The van der Waals surface area contributed by atoms with Gasteiger partial charge in [0, 0.05) is 95.5 Å². The highest BCUT2D eigenvalue weighted by molar-refractivity contribution is 7.31. The smallest absolute Gasteiger partial charge is 0.0491 e. The van der Waals surface area contributed by atoms with Crippen molar-refractivity contribution in [2.24, 2.45) is 7.05 Å². The maximum atomic E-state index is 2.56. The van der Waals surface area contributed by atoms with Crippen LogP contribution in [0.15, 0.2) is 158 Å². The third-order valence-electron chi connectivity index (χ3n) is 13.1. The van der Waals surface area contributed by atoms with Gasteiger partial charge in [-0.15, -0.1) is 45.3 Å². The van der Waals surface area contributed by atoms with Gasteiger partial charge in [-0.25, -0.2) is 0 Å². The topological polar surface area (TPSA) is 9.86 Å². The minimum atomic E-state index is 1.09. The molecule has 0 radical (unpaired) electrons. The van der Waals surface area contributed by atoms with E-state index in [-0.39, 0.29) is 0 Å². The second-order valence-corrected chi connectivity index (χ2v) is 21.4. The number of fused-ring (bicyclic) bond motifs is 8. The van der Waals surface area contributed by atoms with E-state index in [0.717, 1.165) is 6.54 Å². The van der Waals surface area contributed by atoms with E-state index >= 15 is 0 Å². The van der Waals surface area contributed by atoms with E-state index in [1.54, 1.807) is 0 Å². The number of hydrogen-bond acceptors (Lipinski definition) is 4. The Labute approximate surface area is 383 Å². The Kier molecular flexibility index (Phi) is 9.94. The van der Waals surface area contributed by atoms with Crippen LogP contribution in [0.25, 0.3) is 115 Å². The van der Waals surface area contributed by atoms with Gasteiger partial charge in [-0.05, 0) is 100 Å². The van der Waals surface area contributed by atoms with Crippen LogP contribution in [0.2, 0.25) is 0 Å². The predicted octanol–water partition coefficient (Wildman–Crippen LogP) is 18.7. The number of benzene rings is 6. The number of hydrogen-bond donors (Lipinski definition) is 0. The molecule has 0 unspecified atom stereocenters. The standard InChI is InChI=1S/C57H46N2S4/c1-3-4-5-6-7-12-29-59-48-16-11-9-14-43(48)45-31-41(26-28-49(45)59)53-35-57-55(63-53)33-51(61-57)39-23-19-37(20-24-39)36-17-21-38(22-18-36)50-32-54-56(60-50)34-52(62-54)40-25-27-47-44(30-40)42-13-8-10-15-46(42)58(47)2/h8-11,13-28,30-35H,3-7,12,29H2,1-2H3. The monoisotopic (exact) mass is 886 g/mol. The Morgan fingerprint density at radius 3 is 1.29 bits per heavy atom. The van der Waals surface area contributed by atoms with E-state index in [4.69, 9.17) is 0 Å². The van der Waals surface area contributed by atoms with Crippen LogP contribution in [-0.2, 0) is 13.6 Å². The van der Waals surface area contributed by atoms with Gasteiger partial charge in [-0.1, -0.05) is 136 Å². The summed E-state index contributed by atoms with van der Waals surface area (Å²) in [5, 5.41) is 5.37. The summed E-state index contributed by atoms with van der Waals surface area (Å²) < 4.78 is 10.3. The Hall–Kier alpha value is -5.76. The highest BCUT2D eigenvalue weighted by Gasteiger charge is 2.16. The van der Waals surface area contributed by atoms with E-state index in [9.17, 15) is 0 Å². The summed E-state index contributed by atoms with van der Waals surface area (Å²) >= 11 is 7.61. The highest BCUT2D eigenvalue weighted by Crippen LogP contribution is 2.45.